The van der Waals surface area contributed by atoms with E-state index in [0.29, 0.717) is 0 Å². The molecule has 0 N–H and O–H groups in total. The summed E-state index contributed by atoms with van der Waals surface area (Å²) in [6.07, 6.45) is -6.90. The summed E-state index contributed by atoms with van der Waals surface area (Å²) >= 11 is 2.60. The van der Waals surface area contributed by atoms with E-state index < -0.39 is 53.7 Å². The van der Waals surface area contributed by atoms with Gasteiger partial charge in [0.05, 0.1) is 9.81 Å². The highest BCUT2D eigenvalue weighted by atomic mass is 79.9. The molecule has 0 saturated carbocycles. The first-order valence-corrected chi connectivity index (χ1v) is 4.00. The molecule has 1 nitrogen and oxygen atoms in total. The highest BCUT2D eigenvalue weighted by Crippen LogP contribution is 2.39. The SMILES string of the molecule is [2H]c1nc(C(C([2H])([2H])[2H])(C([2H])([2H])[2H])C(F)(F)F)c([2H])c(Br)c1[2H]. The van der Waals surface area contributed by atoms with Gasteiger partial charge >= 0.3 is 6.18 Å². The van der Waals surface area contributed by atoms with Gasteiger partial charge in [-0.3, -0.25) is 4.98 Å². The minimum Gasteiger partial charge on any atom is -0.260 e. The van der Waals surface area contributed by atoms with Crippen molar-refractivity contribution in [1.82, 2.24) is 4.98 Å². The van der Waals surface area contributed by atoms with E-state index in [2.05, 4.69) is 20.9 Å². The lowest BCUT2D eigenvalue weighted by Crippen LogP contribution is -2.37. The van der Waals surface area contributed by atoms with Crippen molar-refractivity contribution in [2.45, 2.75) is 25.3 Å². The Labute approximate surface area is 101 Å². The third-order valence-corrected chi connectivity index (χ3v) is 1.74. The van der Waals surface area contributed by atoms with Crippen LogP contribution in [0.4, 0.5) is 13.2 Å². The molecular weight excluding hydrogens is 259 g/mol. The van der Waals surface area contributed by atoms with Crippen LogP contribution < -0.4 is 0 Å². The highest BCUT2D eigenvalue weighted by Gasteiger charge is 2.49. The summed E-state index contributed by atoms with van der Waals surface area (Å²) in [5, 5.41) is 0. The molecule has 1 rings (SSSR count). The van der Waals surface area contributed by atoms with E-state index in [-0.39, 0.29) is 0 Å². The summed E-state index contributed by atoms with van der Waals surface area (Å²) in [7, 11) is 0. The third-order valence-electron chi connectivity index (χ3n) is 1.34. The van der Waals surface area contributed by atoms with Gasteiger partial charge in [-0.15, -0.1) is 0 Å². The maximum atomic E-state index is 13.6. The van der Waals surface area contributed by atoms with Gasteiger partial charge in [0.15, 0.2) is 0 Å². The predicted molar refractivity (Wildman–Crippen MR) is 51.0 cm³/mol. The number of rotatable bonds is 1. The van der Waals surface area contributed by atoms with Crippen LogP contribution in [0.25, 0.3) is 0 Å². The molecule has 0 unspecified atom stereocenters. The first-order valence-electron chi connectivity index (χ1n) is 7.70. The number of halogens is 4. The largest absolute Gasteiger partial charge is 0.399 e. The van der Waals surface area contributed by atoms with Crippen LogP contribution in [0.5, 0.6) is 0 Å². The average Bonchev–Trinajstić information content (AvgIpc) is 2.28. The summed E-state index contributed by atoms with van der Waals surface area (Å²) in [5.74, 6) is 0. The quantitative estimate of drug-likeness (QED) is 0.763. The number of alkyl halides is 3. The number of hydrogen-bond donors (Lipinski definition) is 0. The maximum Gasteiger partial charge on any atom is 0.399 e. The molecule has 1 aromatic heterocycles. The maximum absolute atomic E-state index is 13.6. The van der Waals surface area contributed by atoms with Gasteiger partial charge in [0.25, 0.3) is 0 Å². The molecule has 0 fully saturated rings. The van der Waals surface area contributed by atoms with Crippen LogP contribution >= 0.6 is 15.9 Å². The van der Waals surface area contributed by atoms with E-state index in [4.69, 9.17) is 12.3 Å². The molecule has 78 valence electrons. The van der Waals surface area contributed by atoms with E-state index in [0.717, 1.165) is 0 Å². The number of hydrogen-bond acceptors (Lipinski definition) is 1. The Bertz CT molecular complexity index is 587. The second-order valence-electron chi connectivity index (χ2n) is 2.38. The van der Waals surface area contributed by atoms with Crippen molar-refractivity contribution in [3.05, 3.63) is 28.4 Å². The molecule has 1 aromatic rings. The summed E-state index contributed by atoms with van der Waals surface area (Å²) in [6.45, 7) is -8.26. The second-order valence-corrected chi connectivity index (χ2v) is 3.18. The molecule has 0 atom stereocenters. The van der Waals surface area contributed by atoms with E-state index >= 15 is 0 Å². The smallest absolute Gasteiger partial charge is 0.260 e. The van der Waals surface area contributed by atoms with Crippen LogP contribution in [-0.2, 0) is 5.41 Å². The standard InChI is InChI=1S/C9H9BrF3N/c1-8(2,9(11,12)13)7-5-6(10)3-4-14-7/h3-5H,1-2H3/i1D3,2D3,3D,4D,5D. The van der Waals surface area contributed by atoms with Crippen molar-refractivity contribution < 1.29 is 25.5 Å². The first-order chi connectivity index (χ1) is 10.00. The van der Waals surface area contributed by atoms with Crippen molar-refractivity contribution in [2.75, 3.05) is 0 Å². The Morgan fingerprint density at radius 3 is 2.64 bits per heavy atom. The van der Waals surface area contributed by atoms with E-state index in [1.165, 1.54) is 0 Å². The monoisotopic (exact) mass is 276 g/mol. The number of aromatic nitrogens is 1. The van der Waals surface area contributed by atoms with Gasteiger partial charge in [-0.25, -0.2) is 0 Å². The normalized spacial score (nSPS) is 24.1. The van der Waals surface area contributed by atoms with Crippen LogP contribution in [0, 0.1) is 0 Å². The fourth-order valence-corrected chi connectivity index (χ4v) is 0.884. The third kappa shape index (κ3) is 2.08. The van der Waals surface area contributed by atoms with Crippen molar-refractivity contribution in [1.29, 1.82) is 0 Å². The molecular formula is C9H9BrF3N. The first kappa shape index (κ1) is 4.12. The van der Waals surface area contributed by atoms with Gasteiger partial charge in [0, 0.05) is 18.9 Å². The minimum absolute atomic E-state index is 0.644. The fourth-order valence-electron chi connectivity index (χ4n) is 0.608. The van der Waals surface area contributed by atoms with Gasteiger partial charge < -0.3 is 0 Å². The van der Waals surface area contributed by atoms with Crippen LogP contribution in [0.2, 0.25) is 0 Å². The van der Waals surface area contributed by atoms with Gasteiger partial charge in [-0.1, -0.05) is 15.9 Å². The minimum atomic E-state index is -5.82. The van der Waals surface area contributed by atoms with Crippen molar-refractivity contribution in [3.63, 3.8) is 0 Å². The zero-order valence-electron chi connectivity index (χ0n) is 15.5. The molecule has 0 amide bonds. The Balaban J connectivity index is 4.11. The van der Waals surface area contributed by atoms with Crippen molar-refractivity contribution in [3.8, 4) is 0 Å². The Kier molecular flexibility index (Phi) is 1.04. The fraction of sp³-hybridized carbons (Fsp3) is 0.444. The van der Waals surface area contributed by atoms with Crippen LogP contribution in [-0.4, -0.2) is 11.2 Å². The lowest BCUT2D eigenvalue weighted by molar-refractivity contribution is -0.181. The van der Waals surface area contributed by atoms with Crippen molar-refractivity contribution >= 4 is 15.9 Å². The Morgan fingerprint density at radius 2 is 2.14 bits per heavy atom. The average molecular weight is 277 g/mol. The zero-order valence-corrected chi connectivity index (χ0v) is 8.05. The summed E-state index contributed by atoms with van der Waals surface area (Å²) in [6, 6.07) is -1.97. The molecule has 1 heterocycles. The lowest BCUT2D eigenvalue weighted by atomic mass is 9.88. The molecule has 0 aliphatic heterocycles. The lowest BCUT2D eigenvalue weighted by Gasteiger charge is -2.27. The second kappa shape index (κ2) is 3.53. The van der Waals surface area contributed by atoms with E-state index in [9.17, 15) is 13.2 Å². The summed E-state index contributed by atoms with van der Waals surface area (Å²) in [5.41, 5.74) is -6.10. The molecule has 0 aliphatic carbocycles. The highest BCUT2D eigenvalue weighted by molar-refractivity contribution is 9.10. The van der Waals surface area contributed by atoms with Crippen LogP contribution in [0.1, 0.15) is 31.7 Å². The van der Waals surface area contributed by atoms with Crippen LogP contribution in [0.3, 0.4) is 0 Å². The number of nitrogens with zero attached hydrogens (tertiary/aromatic N) is 1. The van der Waals surface area contributed by atoms with E-state index in [1.807, 2.05) is 0 Å². The summed E-state index contributed by atoms with van der Waals surface area (Å²) in [4.78, 5) is 3.03. The predicted octanol–water partition coefficient (Wildman–Crippen LogP) is 3.68. The van der Waals surface area contributed by atoms with Gasteiger partial charge in [0.2, 0.25) is 0 Å². The summed E-state index contributed by atoms with van der Waals surface area (Å²) < 4.78 is 106. The molecule has 14 heavy (non-hydrogen) atoms. The number of pyridine rings is 1. The van der Waals surface area contributed by atoms with Gasteiger partial charge in [0.1, 0.15) is 5.41 Å². The molecule has 0 radical (unpaired) electrons. The van der Waals surface area contributed by atoms with Crippen molar-refractivity contribution in [2.24, 2.45) is 0 Å². The topological polar surface area (TPSA) is 12.9 Å². The molecule has 0 saturated heterocycles. The molecule has 0 spiro atoms. The Hall–Kier alpha value is -0.580. The molecule has 5 heteroatoms. The Morgan fingerprint density at radius 1 is 1.50 bits per heavy atom. The molecule has 0 bridgehead atoms. The van der Waals surface area contributed by atoms with Gasteiger partial charge in [-0.05, 0) is 25.8 Å². The van der Waals surface area contributed by atoms with E-state index in [1.54, 1.807) is 0 Å². The molecule has 0 aliphatic rings. The zero-order chi connectivity index (χ0) is 18.6. The van der Waals surface area contributed by atoms with Gasteiger partial charge in [-0.2, -0.15) is 13.2 Å². The molecule has 0 aromatic carbocycles. The van der Waals surface area contributed by atoms with Crippen LogP contribution in [0.15, 0.2) is 22.7 Å².